The lowest BCUT2D eigenvalue weighted by Gasteiger charge is -2.03. The smallest absolute Gasteiger partial charge is 0.343 e. The van der Waals surface area contributed by atoms with E-state index in [0.717, 1.165) is 11.3 Å². The van der Waals surface area contributed by atoms with Crippen molar-refractivity contribution in [3.05, 3.63) is 48.0 Å². The molecule has 0 spiro atoms. The van der Waals surface area contributed by atoms with Crippen molar-refractivity contribution in [2.45, 2.75) is 6.92 Å². The van der Waals surface area contributed by atoms with Crippen molar-refractivity contribution in [2.24, 2.45) is 0 Å². The molecule has 0 saturated carbocycles. The first-order chi connectivity index (χ1) is 9.72. The second kappa shape index (κ2) is 4.73. The van der Waals surface area contributed by atoms with E-state index < -0.39 is 5.97 Å². The molecule has 6 heteroatoms. The molecule has 0 aliphatic heterocycles. The van der Waals surface area contributed by atoms with Crippen LogP contribution in [0.3, 0.4) is 0 Å². The minimum atomic E-state index is -0.437. The van der Waals surface area contributed by atoms with E-state index in [1.807, 2.05) is 18.2 Å². The van der Waals surface area contributed by atoms with Crippen LogP contribution in [-0.2, 0) is 4.74 Å². The summed E-state index contributed by atoms with van der Waals surface area (Å²) in [6.07, 6.45) is 5.09. The lowest BCUT2D eigenvalue weighted by molar-refractivity contribution is 0.0602. The third kappa shape index (κ3) is 1.82. The third-order valence-corrected chi connectivity index (χ3v) is 3.04. The molecule has 0 fully saturated rings. The van der Waals surface area contributed by atoms with E-state index in [-0.39, 0.29) is 0 Å². The lowest BCUT2D eigenvalue weighted by atomic mass is 10.2. The number of nitrogens with zero attached hydrogens (tertiary/aromatic N) is 4. The fraction of sp³-hybridized carbons (Fsp3) is 0.143. The Balaban J connectivity index is 2.30. The molecule has 3 heterocycles. The fourth-order valence-corrected chi connectivity index (χ4v) is 2.13. The number of carbonyl (C=O) groups excluding carboxylic acids is 1. The number of aryl methyl sites for hydroxylation is 1. The van der Waals surface area contributed by atoms with Gasteiger partial charge in [0.1, 0.15) is 5.56 Å². The summed E-state index contributed by atoms with van der Waals surface area (Å²) in [6.45, 7) is 1.76. The molecule has 100 valence electrons. The predicted octanol–water partition coefficient (Wildman–Crippen LogP) is 1.89. The number of fused-ring (bicyclic) bond motifs is 1. The number of carbonyl (C=O) groups is 1. The van der Waals surface area contributed by atoms with Crippen LogP contribution < -0.4 is 0 Å². The number of hydrogen-bond donors (Lipinski definition) is 0. The molecule has 3 rings (SSSR count). The second-order valence-electron chi connectivity index (χ2n) is 4.26. The van der Waals surface area contributed by atoms with E-state index in [1.165, 1.54) is 7.11 Å². The van der Waals surface area contributed by atoms with Gasteiger partial charge in [0.15, 0.2) is 5.65 Å². The molecule has 0 atom stereocenters. The van der Waals surface area contributed by atoms with Crippen LogP contribution in [0.25, 0.3) is 16.9 Å². The molecule has 0 aliphatic carbocycles. The maximum Gasteiger partial charge on any atom is 0.343 e. The summed E-state index contributed by atoms with van der Waals surface area (Å²) in [5.74, 6) is -0.437. The van der Waals surface area contributed by atoms with Crippen molar-refractivity contribution < 1.29 is 9.53 Å². The molecule has 0 aliphatic rings. The molecule has 0 N–H and O–H groups in total. The number of aromatic nitrogens is 4. The SMILES string of the molecule is COC(=O)c1c(C)nn2c(-c3cccnc3)ccnc12. The van der Waals surface area contributed by atoms with Gasteiger partial charge in [0.05, 0.1) is 18.5 Å². The Morgan fingerprint density at radius 1 is 1.30 bits per heavy atom. The van der Waals surface area contributed by atoms with E-state index in [0.29, 0.717) is 16.9 Å². The average Bonchev–Trinajstić information content (AvgIpc) is 2.83. The van der Waals surface area contributed by atoms with Gasteiger partial charge in [-0.3, -0.25) is 4.98 Å². The van der Waals surface area contributed by atoms with E-state index in [1.54, 1.807) is 30.0 Å². The highest BCUT2D eigenvalue weighted by Gasteiger charge is 2.20. The van der Waals surface area contributed by atoms with Gasteiger partial charge in [-0.15, -0.1) is 0 Å². The molecular formula is C14H12N4O2. The first-order valence-electron chi connectivity index (χ1n) is 6.05. The zero-order chi connectivity index (χ0) is 14.1. The zero-order valence-electron chi connectivity index (χ0n) is 11.1. The van der Waals surface area contributed by atoms with E-state index in [9.17, 15) is 4.79 Å². The van der Waals surface area contributed by atoms with Gasteiger partial charge in [0, 0.05) is 24.2 Å². The molecular weight excluding hydrogens is 256 g/mol. The Kier molecular flexibility index (Phi) is 2.90. The summed E-state index contributed by atoms with van der Waals surface area (Å²) in [5, 5.41) is 4.38. The van der Waals surface area contributed by atoms with Crippen LogP contribution in [-0.4, -0.2) is 32.7 Å². The highest BCUT2D eigenvalue weighted by atomic mass is 16.5. The number of methoxy groups -OCH3 is 1. The van der Waals surface area contributed by atoms with Crippen molar-refractivity contribution in [3.8, 4) is 11.3 Å². The summed E-state index contributed by atoms with van der Waals surface area (Å²) < 4.78 is 6.42. The van der Waals surface area contributed by atoms with Gasteiger partial charge in [0.2, 0.25) is 0 Å². The van der Waals surface area contributed by atoms with Gasteiger partial charge in [-0.05, 0) is 25.1 Å². The second-order valence-corrected chi connectivity index (χ2v) is 4.26. The van der Waals surface area contributed by atoms with Gasteiger partial charge in [-0.1, -0.05) is 0 Å². The average molecular weight is 268 g/mol. The van der Waals surface area contributed by atoms with Crippen LogP contribution in [0.1, 0.15) is 16.1 Å². The number of rotatable bonds is 2. The van der Waals surface area contributed by atoms with Crippen LogP contribution in [0.4, 0.5) is 0 Å². The van der Waals surface area contributed by atoms with Crippen LogP contribution in [0.5, 0.6) is 0 Å². The van der Waals surface area contributed by atoms with Crippen LogP contribution in [0, 0.1) is 6.92 Å². The summed E-state index contributed by atoms with van der Waals surface area (Å²) in [7, 11) is 1.34. The van der Waals surface area contributed by atoms with Crippen LogP contribution in [0.2, 0.25) is 0 Å². The summed E-state index contributed by atoms with van der Waals surface area (Å²) in [4.78, 5) is 20.2. The zero-order valence-corrected chi connectivity index (χ0v) is 11.1. The van der Waals surface area contributed by atoms with Crippen molar-refractivity contribution >= 4 is 11.6 Å². The Morgan fingerprint density at radius 2 is 2.15 bits per heavy atom. The first-order valence-corrected chi connectivity index (χ1v) is 6.05. The third-order valence-electron chi connectivity index (χ3n) is 3.04. The monoisotopic (exact) mass is 268 g/mol. The molecule has 3 aromatic rings. The largest absolute Gasteiger partial charge is 0.465 e. The molecule has 0 saturated heterocycles. The normalized spacial score (nSPS) is 10.7. The van der Waals surface area contributed by atoms with Crippen molar-refractivity contribution in [2.75, 3.05) is 7.11 Å². The van der Waals surface area contributed by atoms with Gasteiger partial charge in [-0.25, -0.2) is 14.3 Å². The summed E-state index contributed by atoms with van der Waals surface area (Å²) in [6, 6.07) is 5.60. The molecule has 0 radical (unpaired) electrons. The summed E-state index contributed by atoms with van der Waals surface area (Å²) in [5.41, 5.74) is 3.18. The molecule has 3 aromatic heterocycles. The molecule has 6 nitrogen and oxygen atoms in total. The van der Waals surface area contributed by atoms with E-state index in [2.05, 4.69) is 15.1 Å². The van der Waals surface area contributed by atoms with E-state index >= 15 is 0 Å². The number of esters is 1. The maximum atomic E-state index is 11.8. The van der Waals surface area contributed by atoms with Gasteiger partial charge in [0.25, 0.3) is 0 Å². The summed E-state index contributed by atoms with van der Waals surface area (Å²) >= 11 is 0. The van der Waals surface area contributed by atoms with Crippen LogP contribution >= 0.6 is 0 Å². The molecule has 0 unspecified atom stereocenters. The molecule has 0 amide bonds. The predicted molar refractivity (Wildman–Crippen MR) is 72.3 cm³/mol. The minimum Gasteiger partial charge on any atom is -0.465 e. The topological polar surface area (TPSA) is 69.4 Å². The highest BCUT2D eigenvalue weighted by Crippen LogP contribution is 2.22. The Morgan fingerprint density at radius 3 is 2.85 bits per heavy atom. The van der Waals surface area contributed by atoms with Gasteiger partial charge < -0.3 is 4.74 Å². The number of ether oxygens (including phenoxy) is 1. The van der Waals surface area contributed by atoms with Crippen molar-refractivity contribution in [1.82, 2.24) is 19.6 Å². The van der Waals surface area contributed by atoms with Crippen molar-refractivity contribution in [3.63, 3.8) is 0 Å². The maximum absolute atomic E-state index is 11.8. The molecule has 20 heavy (non-hydrogen) atoms. The first kappa shape index (κ1) is 12.3. The standard InChI is InChI=1S/C14H12N4O2/c1-9-12(14(19)20-2)13-16-7-5-11(18(13)17-9)10-4-3-6-15-8-10/h3-8H,1-2H3. The van der Waals surface area contributed by atoms with Gasteiger partial charge in [-0.2, -0.15) is 5.10 Å². The van der Waals surface area contributed by atoms with Crippen LogP contribution in [0.15, 0.2) is 36.8 Å². The highest BCUT2D eigenvalue weighted by molar-refractivity contribution is 5.97. The lowest BCUT2D eigenvalue weighted by Crippen LogP contribution is -2.03. The Hall–Kier alpha value is -2.76. The fourth-order valence-electron chi connectivity index (χ4n) is 2.13. The number of pyridine rings is 1. The van der Waals surface area contributed by atoms with Gasteiger partial charge >= 0.3 is 5.97 Å². The quantitative estimate of drug-likeness (QED) is 0.664. The minimum absolute atomic E-state index is 0.387. The number of hydrogen-bond acceptors (Lipinski definition) is 5. The molecule has 0 aromatic carbocycles. The van der Waals surface area contributed by atoms with Crippen molar-refractivity contribution in [1.29, 1.82) is 0 Å². The Bertz CT molecular complexity index is 780. The Labute approximate surface area is 115 Å². The van der Waals surface area contributed by atoms with E-state index in [4.69, 9.17) is 4.74 Å². The molecule has 0 bridgehead atoms.